The van der Waals surface area contributed by atoms with Crippen LogP contribution in [0.3, 0.4) is 0 Å². The Morgan fingerprint density at radius 2 is 2.18 bits per heavy atom. The second-order valence-corrected chi connectivity index (χ2v) is 6.11. The third-order valence-electron chi connectivity index (χ3n) is 4.29. The Labute approximate surface area is 130 Å². The summed E-state index contributed by atoms with van der Waals surface area (Å²) in [5.41, 5.74) is 1.93. The van der Waals surface area contributed by atoms with Gasteiger partial charge in [-0.25, -0.2) is 0 Å². The van der Waals surface area contributed by atoms with Crippen molar-refractivity contribution in [3.05, 3.63) is 53.3 Å². The molecule has 0 spiro atoms. The van der Waals surface area contributed by atoms with Crippen LogP contribution in [-0.4, -0.2) is 38.3 Å². The van der Waals surface area contributed by atoms with Gasteiger partial charge in [0.1, 0.15) is 5.60 Å². The number of hydrogen-bond donors (Lipinski definition) is 2. The van der Waals surface area contributed by atoms with Crippen LogP contribution in [0, 0.1) is 0 Å². The molecular formula is C17H21N3O2. The number of aryl methyl sites for hydroxylation is 1. The zero-order chi connectivity index (χ0) is 15.6. The molecule has 1 amide bonds. The number of nitrogens with one attached hydrogen (secondary N) is 1. The Bertz CT molecular complexity index is 649. The minimum Gasteiger partial charge on any atom is -0.380 e. The van der Waals surface area contributed by atoms with E-state index in [1.807, 2.05) is 30.3 Å². The van der Waals surface area contributed by atoms with E-state index in [2.05, 4.69) is 10.2 Å². The van der Waals surface area contributed by atoms with Crippen LogP contribution in [0.4, 0.5) is 0 Å². The van der Waals surface area contributed by atoms with Gasteiger partial charge in [0.15, 0.2) is 0 Å². The molecule has 2 N–H and O–H groups in total. The minimum atomic E-state index is -1.34. The van der Waals surface area contributed by atoms with E-state index in [1.54, 1.807) is 18.0 Å². The lowest BCUT2D eigenvalue weighted by Crippen LogP contribution is -2.49. The summed E-state index contributed by atoms with van der Waals surface area (Å²) in [5.74, 6) is -0.199. The molecule has 116 valence electrons. The Morgan fingerprint density at radius 3 is 2.95 bits per heavy atom. The number of carbonyl (C=O) groups is 1. The van der Waals surface area contributed by atoms with Crippen LogP contribution < -0.4 is 0 Å². The van der Waals surface area contributed by atoms with Gasteiger partial charge in [0.25, 0.3) is 5.91 Å². The van der Waals surface area contributed by atoms with Gasteiger partial charge >= 0.3 is 0 Å². The van der Waals surface area contributed by atoms with Crippen molar-refractivity contribution in [1.82, 2.24) is 15.1 Å². The zero-order valence-corrected chi connectivity index (χ0v) is 12.7. The van der Waals surface area contributed by atoms with Gasteiger partial charge in [-0.15, -0.1) is 0 Å². The van der Waals surface area contributed by atoms with Crippen LogP contribution in [0.25, 0.3) is 0 Å². The third-order valence-corrected chi connectivity index (χ3v) is 4.29. The summed E-state index contributed by atoms with van der Waals surface area (Å²) in [6.45, 7) is 2.75. The number of benzene rings is 1. The van der Waals surface area contributed by atoms with Crippen molar-refractivity contribution in [2.75, 3.05) is 6.54 Å². The normalized spacial score (nSPS) is 16.9. The van der Waals surface area contributed by atoms with Crippen LogP contribution in [0.1, 0.15) is 30.2 Å². The van der Waals surface area contributed by atoms with Crippen LogP contribution in [0.15, 0.2) is 36.5 Å². The molecule has 5 heteroatoms. The molecule has 0 saturated carbocycles. The van der Waals surface area contributed by atoms with Gasteiger partial charge in [0.05, 0.1) is 6.20 Å². The fourth-order valence-corrected chi connectivity index (χ4v) is 2.88. The smallest absolute Gasteiger partial charge is 0.254 e. The molecule has 22 heavy (non-hydrogen) atoms. The highest BCUT2D eigenvalue weighted by molar-refractivity contribution is 5.84. The van der Waals surface area contributed by atoms with E-state index in [-0.39, 0.29) is 5.91 Å². The molecule has 1 aromatic heterocycles. The molecule has 1 unspecified atom stereocenters. The van der Waals surface area contributed by atoms with Crippen molar-refractivity contribution in [3.63, 3.8) is 0 Å². The number of aromatic amines is 1. The maximum absolute atomic E-state index is 12.6. The third kappa shape index (κ3) is 3.04. The number of nitrogens with zero attached hydrogens (tertiary/aromatic N) is 2. The predicted molar refractivity (Wildman–Crippen MR) is 83.1 cm³/mol. The van der Waals surface area contributed by atoms with Crippen molar-refractivity contribution in [2.45, 2.75) is 38.3 Å². The summed E-state index contributed by atoms with van der Waals surface area (Å²) in [6.07, 6.45) is 3.62. The summed E-state index contributed by atoms with van der Waals surface area (Å²) >= 11 is 0. The fourth-order valence-electron chi connectivity index (χ4n) is 2.88. The first kappa shape index (κ1) is 14.8. The summed E-state index contributed by atoms with van der Waals surface area (Å²) in [5, 5.41) is 17.5. The summed E-state index contributed by atoms with van der Waals surface area (Å²) in [4.78, 5) is 14.3. The van der Waals surface area contributed by atoms with Gasteiger partial charge in [-0.1, -0.05) is 30.3 Å². The monoisotopic (exact) mass is 299 g/mol. The molecule has 5 nitrogen and oxygen atoms in total. The number of rotatable bonds is 4. The van der Waals surface area contributed by atoms with Crippen LogP contribution in [0.2, 0.25) is 0 Å². The lowest BCUT2D eigenvalue weighted by atomic mass is 9.94. The quantitative estimate of drug-likeness (QED) is 0.902. The molecule has 0 saturated heterocycles. The highest BCUT2D eigenvalue weighted by Gasteiger charge is 2.35. The SMILES string of the molecule is CC(O)(CCc1ccccc1)C(=O)N1CCc2[nH]ncc2C1. The van der Waals surface area contributed by atoms with E-state index in [4.69, 9.17) is 0 Å². The number of H-pyrrole nitrogens is 1. The molecule has 1 atom stereocenters. The Hall–Kier alpha value is -2.14. The summed E-state index contributed by atoms with van der Waals surface area (Å²) in [6, 6.07) is 9.93. The van der Waals surface area contributed by atoms with E-state index in [9.17, 15) is 9.90 Å². The second-order valence-electron chi connectivity index (χ2n) is 6.11. The van der Waals surface area contributed by atoms with E-state index < -0.39 is 5.60 Å². The maximum Gasteiger partial charge on any atom is 0.254 e. The van der Waals surface area contributed by atoms with Crippen molar-refractivity contribution in [1.29, 1.82) is 0 Å². The highest BCUT2D eigenvalue weighted by atomic mass is 16.3. The second kappa shape index (κ2) is 5.93. The predicted octanol–water partition coefficient (Wildman–Crippen LogP) is 1.68. The van der Waals surface area contributed by atoms with Crippen molar-refractivity contribution >= 4 is 5.91 Å². The molecule has 2 heterocycles. The van der Waals surface area contributed by atoms with E-state index in [0.717, 1.165) is 23.2 Å². The molecule has 0 bridgehead atoms. The molecule has 0 radical (unpaired) electrons. The van der Waals surface area contributed by atoms with Gasteiger partial charge in [-0.05, 0) is 25.3 Å². The molecular weight excluding hydrogens is 278 g/mol. The van der Waals surface area contributed by atoms with E-state index >= 15 is 0 Å². The zero-order valence-electron chi connectivity index (χ0n) is 12.7. The van der Waals surface area contributed by atoms with Crippen molar-refractivity contribution in [3.8, 4) is 0 Å². The van der Waals surface area contributed by atoms with E-state index in [1.165, 1.54) is 0 Å². The molecule has 1 aromatic carbocycles. The van der Waals surface area contributed by atoms with Crippen LogP contribution in [-0.2, 0) is 24.2 Å². The minimum absolute atomic E-state index is 0.199. The summed E-state index contributed by atoms with van der Waals surface area (Å²) < 4.78 is 0. The van der Waals surface area contributed by atoms with Crippen LogP contribution in [0.5, 0.6) is 0 Å². The Balaban J connectivity index is 1.63. The lowest BCUT2D eigenvalue weighted by molar-refractivity contribution is -0.151. The largest absolute Gasteiger partial charge is 0.380 e. The first-order valence-corrected chi connectivity index (χ1v) is 7.63. The molecule has 0 aliphatic carbocycles. The van der Waals surface area contributed by atoms with Gasteiger partial charge in [-0.2, -0.15) is 5.10 Å². The average molecular weight is 299 g/mol. The van der Waals surface area contributed by atoms with Crippen molar-refractivity contribution < 1.29 is 9.90 Å². The molecule has 2 aromatic rings. The number of aliphatic hydroxyl groups is 1. The first-order valence-electron chi connectivity index (χ1n) is 7.63. The van der Waals surface area contributed by atoms with Gasteiger partial charge in [0.2, 0.25) is 0 Å². The van der Waals surface area contributed by atoms with Gasteiger partial charge in [-0.3, -0.25) is 9.89 Å². The Kier molecular flexibility index (Phi) is 3.98. The fraction of sp³-hybridized carbons (Fsp3) is 0.412. The number of fused-ring (bicyclic) bond motifs is 1. The molecule has 1 aliphatic heterocycles. The number of carbonyl (C=O) groups excluding carboxylic acids is 1. The van der Waals surface area contributed by atoms with Crippen LogP contribution >= 0.6 is 0 Å². The summed E-state index contributed by atoms with van der Waals surface area (Å²) in [7, 11) is 0. The maximum atomic E-state index is 12.6. The van der Waals surface area contributed by atoms with Crippen molar-refractivity contribution in [2.24, 2.45) is 0 Å². The molecule has 1 aliphatic rings. The highest BCUT2D eigenvalue weighted by Crippen LogP contribution is 2.22. The number of amides is 1. The average Bonchev–Trinajstić information content (AvgIpc) is 3.01. The lowest BCUT2D eigenvalue weighted by Gasteiger charge is -2.33. The topological polar surface area (TPSA) is 69.2 Å². The molecule has 3 rings (SSSR count). The van der Waals surface area contributed by atoms with E-state index in [0.29, 0.717) is 25.9 Å². The standard InChI is InChI=1S/C17H21N3O2/c1-17(22,9-7-13-5-3-2-4-6-13)16(21)20-10-8-15-14(12-20)11-18-19-15/h2-6,11,22H,7-10,12H2,1H3,(H,18,19). The number of aromatic nitrogens is 2. The number of hydrogen-bond acceptors (Lipinski definition) is 3. The van der Waals surface area contributed by atoms with Gasteiger partial charge in [0, 0.05) is 30.8 Å². The molecule has 0 fully saturated rings. The van der Waals surface area contributed by atoms with Gasteiger partial charge < -0.3 is 10.0 Å². The first-order chi connectivity index (χ1) is 10.6. The Morgan fingerprint density at radius 1 is 1.41 bits per heavy atom.